The summed E-state index contributed by atoms with van der Waals surface area (Å²) in [7, 11) is 3.25. The Kier molecular flexibility index (Phi) is 5.45. The van der Waals surface area contributed by atoms with Crippen molar-refractivity contribution in [2.45, 2.75) is 6.04 Å². The molecule has 0 unspecified atom stereocenters. The topological polar surface area (TPSA) is 50.8 Å². The van der Waals surface area contributed by atoms with Gasteiger partial charge in [-0.1, -0.05) is 54.6 Å². The maximum Gasteiger partial charge on any atom is 0.275 e. The van der Waals surface area contributed by atoms with E-state index in [0.29, 0.717) is 11.4 Å². The molecule has 0 aromatic heterocycles. The average Bonchev–Trinajstić information content (AvgIpc) is 3.19. The Morgan fingerprint density at radius 3 is 2.30 bits per heavy atom. The minimum absolute atomic E-state index is 0.107. The van der Waals surface area contributed by atoms with Gasteiger partial charge in [-0.25, -0.2) is 0 Å². The lowest BCUT2D eigenvalue weighted by atomic mass is 9.98. The molecule has 4 aromatic rings. The van der Waals surface area contributed by atoms with Gasteiger partial charge in [-0.3, -0.25) is 9.69 Å². The van der Waals surface area contributed by atoms with E-state index in [9.17, 15) is 4.79 Å². The summed E-state index contributed by atoms with van der Waals surface area (Å²) in [6, 6.07) is 29.3. The molecule has 0 saturated heterocycles. The van der Waals surface area contributed by atoms with Gasteiger partial charge < -0.3 is 14.8 Å². The predicted molar refractivity (Wildman–Crippen MR) is 132 cm³/mol. The van der Waals surface area contributed by atoms with Gasteiger partial charge in [0.05, 0.1) is 20.3 Å². The van der Waals surface area contributed by atoms with Crippen LogP contribution in [0.1, 0.15) is 11.6 Å². The smallest absolute Gasteiger partial charge is 0.275 e. The number of hydrogen-bond acceptors (Lipinski definition) is 4. The molecule has 1 aliphatic rings. The highest BCUT2D eigenvalue weighted by molar-refractivity contribution is 6.11. The van der Waals surface area contributed by atoms with Gasteiger partial charge in [0.25, 0.3) is 5.91 Å². The van der Waals surface area contributed by atoms with E-state index in [0.717, 1.165) is 33.5 Å². The highest BCUT2D eigenvalue weighted by Crippen LogP contribution is 2.39. The average molecular weight is 437 g/mol. The minimum atomic E-state index is -0.274. The number of rotatable bonds is 6. The van der Waals surface area contributed by atoms with Gasteiger partial charge in [0.1, 0.15) is 17.2 Å². The molecule has 0 radical (unpaired) electrons. The standard InChI is InChI=1S/C28H24N2O3/c1-32-22-12-6-10-20(16-22)29-26-18-27(25-15-5-9-19-8-3-4-14-24(19)25)30(28(26)31)21-11-7-13-23(17-21)33-2/h3-18,27,29H,1-2H3/t27-/m1/s1. The summed E-state index contributed by atoms with van der Waals surface area (Å²) in [6.45, 7) is 0. The Hall–Kier alpha value is -4.25. The molecule has 0 saturated carbocycles. The summed E-state index contributed by atoms with van der Waals surface area (Å²) in [5.74, 6) is 1.32. The molecule has 5 rings (SSSR count). The van der Waals surface area contributed by atoms with Crippen LogP contribution in [0.5, 0.6) is 11.5 Å². The molecule has 5 heteroatoms. The number of ether oxygens (including phenoxy) is 2. The number of carbonyl (C=O) groups excluding carboxylic acids is 1. The van der Waals surface area contributed by atoms with Crippen molar-refractivity contribution in [2.75, 3.05) is 24.4 Å². The van der Waals surface area contributed by atoms with Crippen LogP contribution in [-0.4, -0.2) is 20.1 Å². The van der Waals surface area contributed by atoms with E-state index in [1.807, 2.05) is 77.7 Å². The zero-order valence-corrected chi connectivity index (χ0v) is 18.5. The molecule has 0 aliphatic carbocycles. The molecule has 1 atom stereocenters. The van der Waals surface area contributed by atoms with Crippen LogP contribution in [0.4, 0.5) is 11.4 Å². The number of nitrogens with zero attached hydrogens (tertiary/aromatic N) is 1. The third-order valence-electron chi connectivity index (χ3n) is 5.87. The zero-order chi connectivity index (χ0) is 22.8. The second-order valence-electron chi connectivity index (χ2n) is 7.83. The van der Waals surface area contributed by atoms with Crippen LogP contribution in [0.25, 0.3) is 10.8 Å². The van der Waals surface area contributed by atoms with Crippen molar-refractivity contribution in [3.63, 3.8) is 0 Å². The number of methoxy groups -OCH3 is 2. The van der Waals surface area contributed by atoms with Gasteiger partial charge in [0.2, 0.25) is 0 Å². The fourth-order valence-electron chi connectivity index (χ4n) is 4.29. The van der Waals surface area contributed by atoms with Crippen LogP contribution >= 0.6 is 0 Å². The summed E-state index contributed by atoms with van der Waals surface area (Å²) in [4.78, 5) is 15.5. The Morgan fingerprint density at radius 1 is 0.788 bits per heavy atom. The summed E-state index contributed by atoms with van der Waals surface area (Å²) < 4.78 is 10.8. The fraction of sp³-hybridized carbons (Fsp3) is 0.107. The predicted octanol–water partition coefficient (Wildman–Crippen LogP) is 5.94. The molecule has 33 heavy (non-hydrogen) atoms. The van der Waals surface area contributed by atoms with E-state index < -0.39 is 0 Å². The second-order valence-corrected chi connectivity index (χ2v) is 7.83. The Balaban J connectivity index is 1.62. The molecule has 1 amide bonds. The number of carbonyl (C=O) groups is 1. The molecule has 5 nitrogen and oxygen atoms in total. The van der Waals surface area contributed by atoms with E-state index in [1.165, 1.54) is 0 Å². The Bertz CT molecular complexity index is 1360. The van der Waals surface area contributed by atoms with Gasteiger partial charge in [-0.2, -0.15) is 0 Å². The maximum atomic E-state index is 13.7. The molecule has 0 bridgehead atoms. The lowest BCUT2D eigenvalue weighted by Gasteiger charge is -2.26. The number of hydrogen-bond donors (Lipinski definition) is 1. The highest BCUT2D eigenvalue weighted by Gasteiger charge is 2.35. The molecule has 1 aliphatic heterocycles. The molecule has 0 spiro atoms. The molecular weight excluding hydrogens is 412 g/mol. The van der Waals surface area contributed by atoms with Crippen LogP contribution in [0.2, 0.25) is 0 Å². The van der Waals surface area contributed by atoms with Crippen molar-refractivity contribution in [3.05, 3.63) is 108 Å². The first-order chi connectivity index (χ1) is 16.2. The van der Waals surface area contributed by atoms with E-state index in [4.69, 9.17) is 9.47 Å². The molecule has 1 heterocycles. The number of nitrogens with one attached hydrogen (secondary N) is 1. The SMILES string of the molecule is COc1cccc(NC2=C[C@H](c3cccc4ccccc34)N(c3cccc(OC)c3)C2=O)c1. The van der Waals surface area contributed by atoms with E-state index in [1.54, 1.807) is 14.2 Å². The first-order valence-corrected chi connectivity index (χ1v) is 10.8. The lowest BCUT2D eigenvalue weighted by molar-refractivity contribution is -0.114. The van der Waals surface area contributed by atoms with Crippen LogP contribution in [0.15, 0.2) is 103 Å². The van der Waals surface area contributed by atoms with Crippen molar-refractivity contribution in [3.8, 4) is 11.5 Å². The van der Waals surface area contributed by atoms with Crippen LogP contribution in [0.3, 0.4) is 0 Å². The van der Waals surface area contributed by atoms with Crippen molar-refractivity contribution in [1.82, 2.24) is 0 Å². The fourth-order valence-corrected chi connectivity index (χ4v) is 4.29. The van der Waals surface area contributed by atoms with Crippen molar-refractivity contribution < 1.29 is 14.3 Å². The van der Waals surface area contributed by atoms with Gasteiger partial charge >= 0.3 is 0 Å². The second kappa shape index (κ2) is 8.71. The Labute approximate surface area is 192 Å². The van der Waals surface area contributed by atoms with Gasteiger partial charge in [0, 0.05) is 23.5 Å². The zero-order valence-electron chi connectivity index (χ0n) is 18.5. The molecule has 164 valence electrons. The van der Waals surface area contributed by atoms with Crippen molar-refractivity contribution in [2.24, 2.45) is 0 Å². The van der Waals surface area contributed by atoms with Gasteiger partial charge in [0.15, 0.2) is 0 Å². The van der Waals surface area contributed by atoms with Gasteiger partial charge in [-0.05, 0) is 46.7 Å². The number of fused-ring (bicyclic) bond motifs is 1. The molecule has 4 aromatic carbocycles. The third-order valence-corrected chi connectivity index (χ3v) is 5.87. The van der Waals surface area contributed by atoms with Crippen molar-refractivity contribution >= 4 is 28.1 Å². The van der Waals surface area contributed by atoms with Crippen LogP contribution in [0, 0.1) is 0 Å². The minimum Gasteiger partial charge on any atom is -0.497 e. The monoisotopic (exact) mass is 436 g/mol. The van der Waals surface area contributed by atoms with E-state index >= 15 is 0 Å². The largest absolute Gasteiger partial charge is 0.497 e. The van der Waals surface area contributed by atoms with Gasteiger partial charge in [-0.15, -0.1) is 0 Å². The summed E-state index contributed by atoms with van der Waals surface area (Å²) in [5, 5.41) is 5.55. The van der Waals surface area contributed by atoms with Crippen LogP contribution in [-0.2, 0) is 4.79 Å². The first-order valence-electron chi connectivity index (χ1n) is 10.8. The summed E-state index contributed by atoms with van der Waals surface area (Å²) >= 11 is 0. The van der Waals surface area contributed by atoms with Crippen molar-refractivity contribution in [1.29, 1.82) is 0 Å². The highest BCUT2D eigenvalue weighted by atomic mass is 16.5. The number of anilines is 2. The lowest BCUT2D eigenvalue weighted by Crippen LogP contribution is -2.30. The maximum absolute atomic E-state index is 13.7. The summed E-state index contributed by atoms with van der Waals surface area (Å²) in [5.41, 5.74) is 3.14. The van der Waals surface area contributed by atoms with E-state index in [-0.39, 0.29) is 11.9 Å². The van der Waals surface area contributed by atoms with Crippen LogP contribution < -0.4 is 19.7 Å². The number of amides is 1. The normalized spacial score (nSPS) is 15.5. The molecule has 1 N–H and O–H groups in total. The van der Waals surface area contributed by atoms with E-state index in [2.05, 4.69) is 29.6 Å². The quantitative estimate of drug-likeness (QED) is 0.406. The number of benzene rings is 4. The third kappa shape index (κ3) is 3.89. The summed E-state index contributed by atoms with van der Waals surface area (Å²) in [6.07, 6.45) is 1.99. The molecular formula is C28H24N2O3. The first kappa shape index (κ1) is 20.6. The molecule has 0 fully saturated rings. The Morgan fingerprint density at radius 2 is 1.48 bits per heavy atom.